The van der Waals surface area contributed by atoms with Gasteiger partial charge in [0.15, 0.2) is 0 Å². The zero-order valence-corrected chi connectivity index (χ0v) is 8.81. The Kier molecular flexibility index (Phi) is 4.18. The Morgan fingerprint density at radius 3 is 2.85 bits per heavy atom. The minimum atomic E-state index is -3.22. The van der Waals surface area contributed by atoms with Crippen LogP contribution < -0.4 is 4.72 Å². The van der Waals surface area contributed by atoms with Crippen molar-refractivity contribution in [3.8, 4) is 0 Å². The molecule has 0 aliphatic carbocycles. The van der Waals surface area contributed by atoms with Crippen LogP contribution in [0.15, 0.2) is 12.2 Å². The summed E-state index contributed by atoms with van der Waals surface area (Å²) in [6.45, 7) is 1.53. The first-order valence-corrected chi connectivity index (χ1v) is 6.10. The van der Waals surface area contributed by atoms with Crippen molar-refractivity contribution in [3.05, 3.63) is 12.2 Å². The summed E-state index contributed by atoms with van der Waals surface area (Å²) in [6.07, 6.45) is 4.36. The van der Waals surface area contributed by atoms with Gasteiger partial charge in [-0.3, -0.25) is 0 Å². The van der Waals surface area contributed by atoms with Gasteiger partial charge in [0.2, 0.25) is 0 Å². The third-order valence-electron chi connectivity index (χ3n) is 1.77. The molecule has 0 radical (unpaired) electrons. The summed E-state index contributed by atoms with van der Waals surface area (Å²) in [7, 11) is -3.22. The highest BCUT2D eigenvalue weighted by Crippen LogP contribution is 2.04. The van der Waals surface area contributed by atoms with Gasteiger partial charge in [-0.2, -0.15) is 12.7 Å². The number of rotatable bonds is 3. The molecule has 4 nitrogen and oxygen atoms in total. The van der Waals surface area contributed by atoms with Crippen LogP contribution in [0.3, 0.4) is 0 Å². The molecule has 1 rings (SSSR count). The van der Waals surface area contributed by atoms with E-state index >= 15 is 0 Å². The Morgan fingerprint density at radius 2 is 2.23 bits per heavy atom. The van der Waals surface area contributed by atoms with Crippen molar-refractivity contribution in [1.82, 2.24) is 9.03 Å². The maximum absolute atomic E-state index is 11.3. The molecule has 0 aromatic heterocycles. The molecule has 0 saturated carbocycles. The predicted molar refractivity (Wildman–Crippen MR) is 53.0 cm³/mol. The van der Waals surface area contributed by atoms with E-state index in [-0.39, 0.29) is 0 Å². The molecule has 1 aliphatic heterocycles. The third-order valence-corrected chi connectivity index (χ3v) is 3.53. The molecular formula is C7H13ClN2O2S. The van der Waals surface area contributed by atoms with E-state index in [0.717, 1.165) is 6.42 Å². The topological polar surface area (TPSA) is 49.4 Å². The first-order valence-electron chi connectivity index (χ1n) is 4.12. The second-order valence-electron chi connectivity index (χ2n) is 2.74. The third kappa shape index (κ3) is 3.27. The van der Waals surface area contributed by atoms with Crippen LogP contribution in [0.25, 0.3) is 0 Å². The maximum atomic E-state index is 11.3. The lowest BCUT2D eigenvalue weighted by molar-refractivity contribution is 0.400. The molecule has 13 heavy (non-hydrogen) atoms. The van der Waals surface area contributed by atoms with E-state index < -0.39 is 10.2 Å². The van der Waals surface area contributed by atoms with E-state index in [4.69, 9.17) is 11.6 Å². The Labute approximate surface area is 83.7 Å². The number of alkyl halides is 1. The molecule has 0 atom stereocenters. The van der Waals surface area contributed by atoms with Crippen LogP contribution in [-0.2, 0) is 10.2 Å². The van der Waals surface area contributed by atoms with Crippen molar-refractivity contribution in [2.24, 2.45) is 0 Å². The van der Waals surface area contributed by atoms with Gasteiger partial charge in [-0.15, -0.1) is 11.6 Å². The summed E-state index contributed by atoms with van der Waals surface area (Å²) >= 11 is 5.42. The molecule has 76 valence electrons. The van der Waals surface area contributed by atoms with E-state index in [2.05, 4.69) is 4.72 Å². The highest BCUT2D eigenvalue weighted by Gasteiger charge is 2.23. The zero-order chi connectivity index (χ0) is 9.73. The number of hydrogen-bond donors (Lipinski definition) is 1. The number of hydrogen-bond acceptors (Lipinski definition) is 2. The number of nitrogens with one attached hydrogen (secondary N) is 1. The van der Waals surface area contributed by atoms with Gasteiger partial charge in [0.1, 0.15) is 0 Å². The fourth-order valence-corrected chi connectivity index (χ4v) is 2.48. The number of halogens is 1. The van der Waals surface area contributed by atoms with Crippen molar-refractivity contribution >= 4 is 21.8 Å². The minimum Gasteiger partial charge on any atom is -0.202 e. The molecule has 0 bridgehead atoms. The lowest BCUT2D eigenvalue weighted by Crippen LogP contribution is -2.46. The van der Waals surface area contributed by atoms with Crippen molar-refractivity contribution in [2.45, 2.75) is 6.42 Å². The van der Waals surface area contributed by atoms with Crippen LogP contribution in [0.4, 0.5) is 0 Å². The van der Waals surface area contributed by atoms with Crippen LogP contribution in [0.2, 0.25) is 0 Å². The Morgan fingerprint density at radius 1 is 1.46 bits per heavy atom. The minimum absolute atomic E-state index is 0.405. The van der Waals surface area contributed by atoms with Gasteiger partial charge in [-0.1, -0.05) is 12.2 Å². The van der Waals surface area contributed by atoms with Gasteiger partial charge in [0.05, 0.1) is 0 Å². The van der Waals surface area contributed by atoms with Gasteiger partial charge in [-0.25, -0.2) is 4.72 Å². The highest BCUT2D eigenvalue weighted by atomic mass is 35.5. The fourth-order valence-electron chi connectivity index (χ4n) is 1.11. The Hall–Kier alpha value is -0.100. The molecule has 0 aromatic carbocycles. The monoisotopic (exact) mass is 224 g/mol. The second-order valence-corrected chi connectivity index (χ2v) is 4.80. The lowest BCUT2D eigenvalue weighted by Gasteiger charge is -2.25. The standard InChI is InChI=1S/C7H13ClN2O2S/c8-4-1-2-6-10-7-3-5-9-13(10,11)12/h1-2,9H,3-7H2/b2-1+. The average molecular weight is 225 g/mol. The summed E-state index contributed by atoms with van der Waals surface area (Å²) in [6, 6.07) is 0. The molecule has 0 unspecified atom stereocenters. The molecule has 1 N–H and O–H groups in total. The van der Waals surface area contributed by atoms with Gasteiger partial charge in [-0.05, 0) is 6.42 Å². The normalized spacial score (nSPS) is 23.8. The zero-order valence-electron chi connectivity index (χ0n) is 7.24. The number of nitrogens with zero attached hydrogens (tertiary/aromatic N) is 1. The Balaban J connectivity index is 2.52. The van der Waals surface area contributed by atoms with E-state index in [9.17, 15) is 8.42 Å². The van der Waals surface area contributed by atoms with Crippen molar-refractivity contribution in [2.75, 3.05) is 25.5 Å². The largest absolute Gasteiger partial charge is 0.279 e. The average Bonchev–Trinajstić information content (AvgIpc) is 2.08. The van der Waals surface area contributed by atoms with E-state index in [1.54, 1.807) is 12.2 Å². The fraction of sp³-hybridized carbons (Fsp3) is 0.714. The highest BCUT2D eigenvalue weighted by molar-refractivity contribution is 7.87. The molecule has 6 heteroatoms. The quantitative estimate of drug-likeness (QED) is 0.555. The molecule has 1 heterocycles. The summed E-state index contributed by atoms with van der Waals surface area (Å²) in [5, 5.41) is 0. The SMILES string of the molecule is O=S1(=O)NCCCN1C/C=C/CCl. The van der Waals surface area contributed by atoms with E-state index in [0.29, 0.717) is 25.5 Å². The Bertz CT molecular complexity index is 276. The first kappa shape index (κ1) is 11.0. The summed E-state index contributed by atoms with van der Waals surface area (Å²) in [5.74, 6) is 0.418. The number of allylic oxidation sites excluding steroid dienone is 1. The predicted octanol–water partition coefficient (Wildman–Crippen LogP) is 0.322. The first-order chi connectivity index (χ1) is 6.17. The van der Waals surface area contributed by atoms with Gasteiger partial charge < -0.3 is 0 Å². The van der Waals surface area contributed by atoms with Crippen LogP contribution >= 0.6 is 11.6 Å². The summed E-state index contributed by atoms with van der Waals surface area (Å²) in [4.78, 5) is 0. The molecular weight excluding hydrogens is 212 g/mol. The smallest absolute Gasteiger partial charge is 0.202 e. The molecule has 0 spiro atoms. The lowest BCUT2D eigenvalue weighted by atomic mass is 10.4. The van der Waals surface area contributed by atoms with Crippen LogP contribution in [0.1, 0.15) is 6.42 Å². The van der Waals surface area contributed by atoms with Gasteiger partial charge >= 0.3 is 0 Å². The van der Waals surface area contributed by atoms with Crippen molar-refractivity contribution in [1.29, 1.82) is 0 Å². The van der Waals surface area contributed by atoms with Crippen LogP contribution in [-0.4, -0.2) is 38.2 Å². The summed E-state index contributed by atoms with van der Waals surface area (Å²) < 4.78 is 26.5. The van der Waals surface area contributed by atoms with Gasteiger partial charge in [0, 0.05) is 25.5 Å². The second kappa shape index (κ2) is 4.95. The molecule has 0 aromatic rings. The van der Waals surface area contributed by atoms with Gasteiger partial charge in [0.25, 0.3) is 10.2 Å². The molecule has 1 fully saturated rings. The van der Waals surface area contributed by atoms with Crippen molar-refractivity contribution < 1.29 is 8.42 Å². The maximum Gasteiger partial charge on any atom is 0.279 e. The van der Waals surface area contributed by atoms with Crippen LogP contribution in [0, 0.1) is 0 Å². The van der Waals surface area contributed by atoms with Crippen molar-refractivity contribution in [3.63, 3.8) is 0 Å². The van der Waals surface area contributed by atoms with E-state index in [1.807, 2.05) is 0 Å². The van der Waals surface area contributed by atoms with Crippen LogP contribution in [0.5, 0.6) is 0 Å². The summed E-state index contributed by atoms with van der Waals surface area (Å²) in [5.41, 5.74) is 0. The molecule has 0 amide bonds. The molecule has 1 saturated heterocycles. The molecule has 1 aliphatic rings. The van der Waals surface area contributed by atoms with E-state index in [1.165, 1.54) is 4.31 Å².